The Balaban J connectivity index is 3.28. The number of nitrogens with zero attached hydrogens (tertiary/aromatic N) is 3. The van der Waals surface area contributed by atoms with E-state index in [2.05, 4.69) is 29.2 Å². The van der Waals surface area contributed by atoms with Gasteiger partial charge in [-0.15, -0.1) is 0 Å². The third-order valence-corrected chi connectivity index (χ3v) is 3.17. The molecule has 0 amide bonds. The summed E-state index contributed by atoms with van der Waals surface area (Å²) in [6, 6.07) is 0. The predicted molar refractivity (Wildman–Crippen MR) is 92.3 cm³/mol. The highest BCUT2D eigenvalue weighted by molar-refractivity contribution is 6.16. The van der Waals surface area contributed by atoms with Crippen LogP contribution in [0, 0.1) is 0 Å². The third-order valence-electron chi connectivity index (χ3n) is 3.17. The quantitative estimate of drug-likeness (QED) is 0.622. The average Bonchev–Trinajstić information content (AvgIpc) is 2.95. The van der Waals surface area contributed by atoms with Crippen LogP contribution in [0.1, 0.15) is 20.3 Å². The molecule has 2 N–H and O–H groups in total. The molecule has 0 aromatic heterocycles. The van der Waals surface area contributed by atoms with Gasteiger partial charge in [-0.25, -0.2) is 4.99 Å². The van der Waals surface area contributed by atoms with Crippen molar-refractivity contribution in [2.45, 2.75) is 20.3 Å². The Labute approximate surface area is 127 Å². The maximum Gasteiger partial charge on any atom is 0.143 e. The molecule has 0 saturated heterocycles. The van der Waals surface area contributed by atoms with Crippen LogP contribution in [0.5, 0.6) is 0 Å². The fourth-order valence-electron chi connectivity index (χ4n) is 1.85. The average molecular weight is 284 g/mol. The van der Waals surface area contributed by atoms with E-state index in [1.165, 1.54) is 0 Å². The zero-order valence-corrected chi connectivity index (χ0v) is 13.3. The van der Waals surface area contributed by atoms with Crippen LogP contribution in [0.15, 0.2) is 69.6 Å². The van der Waals surface area contributed by atoms with Crippen LogP contribution in [-0.4, -0.2) is 31.0 Å². The second kappa shape index (κ2) is 7.43. The molecule has 0 radical (unpaired) electrons. The summed E-state index contributed by atoms with van der Waals surface area (Å²) in [7, 11) is 3.57. The Kier molecular flexibility index (Phi) is 5.91. The summed E-state index contributed by atoms with van der Waals surface area (Å²) in [5.41, 5.74) is 9.67. The van der Waals surface area contributed by atoms with Gasteiger partial charge in [0, 0.05) is 25.9 Å². The van der Waals surface area contributed by atoms with Gasteiger partial charge in [0.15, 0.2) is 0 Å². The van der Waals surface area contributed by atoms with Gasteiger partial charge in [-0.3, -0.25) is 4.99 Å². The molecule has 0 atom stereocenters. The summed E-state index contributed by atoms with van der Waals surface area (Å²) in [4.78, 5) is 10.5. The van der Waals surface area contributed by atoms with Gasteiger partial charge >= 0.3 is 0 Å². The van der Waals surface area contributed by atoms with E-state index in [1.807, 2.05) is 33.0 Å². The van der Waals surface area contributed by atoms with Crippen molar-refractivity contribution in [2.24, 2.45) is 15.7 Å². The molecule has 0 spiro atoms. The molecule has 4 heteroatoms. The molecule has 112 valence electrons. The van der Waals surface area contributed by atoms with Crippen molar-refractivity contribution in [1.82, 2.24) is 4.90 Å². The Bertz CT molecular complexity index is 582. The van der Waals surface area contributed by atoms with Gasteiger partial charge in [-0.05, 0) is 25.8 Å². The minimum Gasteiger partial charge on any atom is -0.386 e. The van der Waals surface area contributed by atoms with Crippen molar-refractivity contribution >= 4 is 12.1 Å². The molecule has 4 nitrogen and oxygen atoms in total. The molecule has 0 unspecified atom stereocenters. The molecule has 0 aliphatic heterocycles. The van der Waals surface area contributed by atoms with E-state index in [1.54, 1.807) is 18.2 Å². The van der Waals surface area contributed by atoms with Crippen LogP contribution in [0.2, 0.25) is 0 Å². The minimum atomic E-state index is 0.420. The predicted octanol–water partition coefficient (Wildman–Crippen LogP) is 3.18. The van der Waals surface area contributed by atoms with Crippen LogP contribution < -0.4 is 5.73 Å². The molecule has 0 bridgehead atoms. The van der Waals surface area contributed by atoms with Crippen molar-refractivity contribution in [3.8, 4) is 0 Å². The molecular formula is C17H24N4. The van der Waals surface area contributed by atoms with Gasteiger partial charge in [0.2, 0.25) is 0 Å². The SMILES string of the molecule is C=C(/N=C(/C(/C=N\C)=C(C)C)N(C)C(=C)N)C1=CC=CC1. The zero-order chi connectivity index (χ0) is 16.0. The van der Waals surface area contributed by atoms with Crippen LogP contribution >= 0.6 is 0 Å². The van der Waals surface area contributed by atoms with Crippen LogP contribution in [0.4, 0.5) is 0 Å². The lowest BCUT2D eigenvalue weighted by Gasteiger charge is -2.23. The first-order chi connectivity index (χ1) is 9.88. The highest BCUT2D eigenvalue weighted by atomic mass is 15.2. The smallest absolute Gasteiger partial charge is 0.143 e. The van der Waals surface area contributed by atoms with Crippen molar-refractivity contribution in [3.05, 3.63) is 59.6 Å². The Hall–Kier alpha value is -2.36. The summed E-state index contributed by atoms with van der Waals surface area (Å²) in [6.07, 6.45) is 8.75. The van der Waals surface area contributed by atoms with Gasteiger partial charge in [-0.2, -0.15) is 0 Å². The highest BCUT2D eigenvalue weighted by Crippen LogP contribution is 2.21. The van der Waals surface area contributed by atoms with E-state index < -0.39 is 0 Å². The number of likely N-dealkylation sites (N-methyl/N-ethyl adjacent to an activating group) is 1. The number of nitrogens with two attached hydrogens (primary N) is 1. The van der Waals surface area contributed by atoms with E-state index in [-0.39, 0.29) is 0 Å². The Morgan fingerprint density at radius 2 is 2.05 bits per heavy atom. The first kappa shape index (κ1) is 16.7. The minimum absolute atomic E-state index is 0.420. The normalized spacial score (nSPS) is 14.3. The Morgan fingerprint density at radius 1 is 1.38 bits per heavy atom. The van der Waals surface area contributed by atoms with Gasteiger partial charge < -0.3 is 10.6 Å². The fourth-order valence-corrected chi connectivity index (χ4v) is 1.85. The second-order valence-corrected chi connectivity index (χ2v) is 5.06. The first-order valence-electron chi connectivity index (χ1n) is 6.80. The monoisotopic (exact) mass is 284 g/mol. The number of amidine groups is 1. The highest BCUT2D eigenvalue weighted by Gasteiger charge is 2.15. The fraction of sp³-hybridized carbons (Fsp3) is 0.294. The lowest BCUT2D eigenvalue weighted by atomic mass is 10.1. The molecule has 0 aromatic rings. The maximum atomic E-state index is 5.83. The summed E-state index contributed by atoms with van der Waals surface area (Å²) < 4.78 is 0. The van der Waals surface area contributed by atoms with Crippen molar-refractivity contribution in [1.29, 1.82) is 0 Å². The summed E-state index contributed by atoms with van der Waals surface area (Å²) in [5.74, 6) is 1.12. The van der Waals surface area contributed by atoms with Crippen LogP contribution in [0.3, 0.4) is 0 Å². The van der Waals surface area contributed by atoms with Crippen LogP contribution in [-0.2, 0) is 0 Å². The molecule has 21 heavy (non-hydrogen) atoms. The van der Waals surface area contributed by atoms with Gasteiger partial charge in [-0.1, -0.05) is 37.0 Å². The summed E-state index contributed by atoms with van der Waals surface area (Å²) >= 11 is 0. The molecule has 1 aliphatic rings. The molecule has 1 aliphatic carbocycles. The number of allylic oxidation sites excluding steroid dienone is 5. The number of hydrogen-bond acceptors (Lipinski definition) is 3. The van der Waals surface area contributed by atoms with Gasteiger partial charge in [0.1, 0.15) is 5.84 Å². The van der Waals surface area contributed by atoms with E-state index in [4.69, 9.17) is 5.73 Å². The first-order valence-corrected chi connectivity index (χ1v) is 6.80. The van der Waals surface area contributed by atoms with Gasteiger partial charge in [0.25, 0.3) is 0 Å². The topological polar surface area (TPSA) is 54.0 Å². The molecule has 1 rings (SSSR count). The summed E-state index contributed by atoms with van der Waals surface area (Å²) in [5, 5.41) is 0. The number of aliphatic imine (C=N–C) groups is 2. The van der Waals surface area contributed by atoms with E-state index in [9.17, 15) is 0 Å². The van der Waals surface area contributed by atoms with Crippen molar-refractivity contribution < 1.29 is 0 Å². The molecule has 0 saturated carbocycles. The lowest BCUT2D eigenvalue weighted by Crippen LogP contribution is -2.32. The maximum absolute atomic E-state index is 5.83. The lowest BCUT2D eigenvalue weighted by molar-refractivity contribution is 0.620. The number of hydrogen-bond donors (Lipinski definition) is 1. The summed E-state index contributed by atoms with van der Waals surface area (Å²) in [6.45, 7) is 11.9. The largest absolute Gasteiger partial charge is 0.386 e. The molecule has 0 aromatic carbocycles. The van der Waals surface area contributed by atoms with Crippen LogP contribution in [0.25, 0.3) is 0 Å². The second-order valence-electron chi connectivity index (χ2n) is 5.06. The molecular weight excluding hydrogens is 260 g/mol. The van der Waals surface area contributed by atoms with Crippen molar-refractivity contribution in [2.75, 3.05) is 14.1 Å². The molecule has 0 heterocycles. The van der Waals surface area contributed by atoms with E-state index in [0.29, 0.717) is 11.7 Å². The van der Waals surface area contributed by atoms with E-state index in [0.717, 1.165) is 28.8 Å². The third kappa shape index (κ3) is 4.31. The molecule has 0 fully saturated rings. The zero-order valence-electron chi connectivity index (χ0n) is 13.3. The van der Waals surface area contributed by atoms with Gasteiger partial charge in [0.05, 0.1) is 11.5 Å². The standard InChI is InChI=1S/C17H24N4/c1-12(2)16(11-19-5)17(21(6)14(4)18)20-13(3)15-9-7-8-10-15/h7-9,11H,3-4,10,18H2,1-2,5-6H3/b19-11-,20-17-. The van der Waals surface area contributed by atoms with E-state index >= 15 is 0 Å². The van der Waals surface area contributed by atoms with Crippen molar-refractivity contribution in [3.63, 3.8) is 0 Å². The Morgan fingerprint density at radius 3 is 2.48 bits per heavy atom. The number of rotatable bonds is 5.